The van der Waals surface area contributed by atoms with Gasteiger partial charge in [-0.15, -0.1) is 0 Å². The number of hydrogen-bond donors (Lipinski definition) is 0. The molecule has 1 aliphatic heterocycles. The second-order valence-electron chi connectivity index (χ2n) is 11.8. The summed E-state index contributed by atoms with van der Waals surface area (Å²) in [4.78, 5) is 41.6. The Balaban J connectivity index is 1.63. The highest BCUT2D eigenvalue weighted by molar-refractivity contribution is 6.11. The number of ketones is 1. The molecule has 1 heterocycles. The molecule has 5 atom stereocenters. The van der Waals surface area contributed by atoms with Crippen LogP contribution in [0.5, 0.6) is 11.5 Å². The Labute approximate surface area is 238 Å². The van der Waals surface area contributed by atoms with Crippen LogP contribution in [0.1, 0.15) is 58.1 Å². The van der Waals surface area contributed by atoms with Crippen molar-refractivity contribution in [1.82, 2.24) is 4.90 Å². The van der Waals surface area contributed by atoms with Crippen molar-refractivity contribution in [2.45, 2.75) is 78.0 Å². The van der Waals surface area contributed by atoms with Gasteiger partial charge in [-0.1, -0.05) is 51.5 Å². The van der Waals surface area contributed by atoms with Gasteiger partial charge in [0.25, 0.3) is 0 Å². The molecule has 216 valence electrons. The van der Waals surface area contributed by atoms with E-state index in [1.807, 2.05) is 48.5 Å². The van der Waals surface area contributed by atoms with E-state index in [0.29, 0.717) is 24.7 Å². The fraction of sp³-hybridized carbons (Fsp3) is 0.545. The fourth-order valence-corrected chi connectivity index (χ4v) is 6.37. The first kappa shape index (κ1) is 29.6. The molecule has 2 aliphatic rings. The maximum atomic E-state index is 13.8. The highest BCUT2D eigenvalue weighted by Crippen LogP contribution is 2.38. The van der Waals surface area contributed by atoms with Crippen LogP contribution in [0.25, 0.3) is 0 Å². The van der Waals surface area contributed by atoms with Crippen LogP contribution < -0.4 is 9.47 Å². The van der Waals surface area contributed by atoms with Crippen molar-refractivity contribution in [1.29, 1.82) is 0 Å². The van der Waals surface area contributed by atoms with Gasteiger partial charge in [0, 0.05) is 6.04 Å². The summed E-state index contributed by atoms with van der Waals surface area (Å²) < 4.78 is 16.8. The van der Waals surface area contributed by atoms with Crippen LogP contribution in [0.4, 0.5) is 0 Å². The topological polar surface area (TPSA) is 82.1 Å². The molecule has 0 aromatic heterocycles. The van der Waals surface area contributed by atoms with Gasteiger partial charge in [0.1, 0.15) is 35.3 Å². The van der Waals surface area contributed by atoms with Crippen LogP contribution in [-0.2, 0) is 32.0 Å². The number of benzene rings is 2. The first-order valence-corrected chi connectivity index (χ1v) is 14.4. The molecule has 0 radical (unpaired) electrons. The van der Waals surface area contributed by atoms with Crippen molar-refractivity contribution < 1.29 is 28.6 Å². The molecule has 1 amide bonds. The number of rotatable bonds is 11. The number of nitrogens with zero attached hydrogens (tertiary/aromatic N) is 1. The lowest BCUT2D eigenvalue weighted by Crippen LogP contribution is -2.70. The minimum atomic E-state index is -1.000. The van der Waals surface area contributed by atoms with Gasteiger partial charge < -0.3 is 19.1 Å². The third-order valence-electron chi connectivity index (χ3n) is 8.70. The minimum Gasteiger partial charge on any atom is -0.497 e. The Hall–Kier alpha value is -3.35. The molecule has 1 saturated heterocycles. The van der Waals surface area contributed by atoms with E-state index >= 15 is 0 Å². The number of ether oxygens (including phenoxy) is 3. The van der Waals surface area contributed by atoms with Gasteiger partial charge >= 0.3 is 5.97 Å². The Morgan fingerprint density at radius 2 is 1.43 bits per heavy atom. The number of esters is 1. The summed E-state index contributed by atoms with van der Waals surface area (Å²) in [6.07, 6.45) is 3.77. The minimum absolute atomic E-state index is 0.206. The van der Waals surface area contributed by atoms with E-state index in [1.54, 1.807) is 19.1 Å². The van der Waals surface area contributed by atoms with Crippen molar-refractivity contribution in [2.75, 3.05) is 14.2 Å². The summed E-state index contributed by atoms with van der Waals surface area (Å²) in [7, 11) is 3.24. The Morgan fingerprint density at radius 1 is 0.900 bits per heavy atom. The summed E-state index contributed by atoms with van der Waals surface area (Å²) in [5.74, 6) is 0.547. The number of likely N-dealkylation sites (tertiary alicyclic amines) is 1. The zero-order valence-electron chi connectivity index (χ0n) is 24.6. The lowest BCUT2D eigenvalue weighted by Gasteiger charge is -2.49. The number of carbonyl (C=O) groups is 3. The van der Waals surface area contributed by atoms with Crippen LogP contribution in [0.2, 0.25) is 0 Å². The van der Waals surface area contributed by atoms with Gasteiger partial charge in [-0.3, -0.25) is 9.59 Å². The van der Waals surface area contributed by atoms with E-state index in [-0.39, 0.29) is 29.8 Å². The molecule has 0 spiro atoms. The van der Waals surface area contributed by atoms with Crippen LogP contribution in [0, 0.1) is 23.7 Å². The van der Waals surface area contributed by atoms with Crippen molar-refractivity contribution in [2.24, 2.45) is 23.7 Å². The SMILES string of the molecule is COc1ccc(CC(Cc2ccc(OC)cc2)N2C(=O)[C@H](C(C)=O)[C@H]2C(=O)O[C@@H]2C[C@H](C)CC[C@H]2C(C)C)cc1. The summed E-state index contributed by atoms with van der Waals surface area (Å²) >= 11 is 0. The number of β-lactam (4-membered cyclic amide) rings is 1. The van der Waals surface area contributed by atoms with E-state index in [4.69, 9.17) is 14.2 Å². The molecular weight excluding hydrogens is 506 g/mol. The van der Waals surface area contributed by atoms with Crippen LogP contribution >= 0.6 is 0 Å². The lowest BCUT2D eigenvalue weighted by atomic mass is 9.75. The first-order chi connectivity index (χ1) is 19.1. The second-order valence-corrected chi connectivity index (χ2v) is 11.8. The summed E-state index contributed by atoms with van der Waals surface area (Å²) in [5, 5.41) is 0. The maximum absolute atomic E-state index is 13.8. The predicted octanol–water partition coefficient (Wildman–Crippen LogP) is 5.28. The predicted molar refractivity (Wildman–Crippen MR) is 153 cm³/mol. The van der Waals surface area contributed by atoms with Crippen molar-refractivity contribution in [3.05, 3.63) is 59.7 Å². The largest absolute Gasteiger partial charge is 0.497 e. The van der Waals surface area contributed by atoms with E-state index in [9.17, 15) is 14.4 Å². The third-order valence-corrected chi connectivity index (χ3v) is 8.70. The molecule has 7 nitrogen and oxygen atoms in total. The number of Topliss-reactive ketones (excluding diaryl/α,β-unsaturated/α-hetero) is 1. The normalized spacial score (nSPS) is 24.6. The summed E-state index contributed by atoms with van der Waals surface area (Å²) in [6.45, 7) is 7.91. The van der Waals surface area contributed by atoms with Gasteiger partial charge in [0.15, 0.2) is 0 Å². The molecule has 2 fully saturated rings. The quantitative estimate of drug-likeness (QED) is 0.216. The van der Waals surface area contributed by atoms with Crippen LogP contribution in [0.15, 0.2) is 48.5 Å². The molecule has 0 unspecified atom stereocenters. The third kappa shape index (κ3) is 6.51. The molecule has 40 heavy (non-hydrogen) atoms. The summed E-state index contributed by atoms with van der Waals surface area (Å²) in [5.41, 5.74) is 2.01. The smallest absolute Gasteiger partial charge is 0.330 e. The first-order valence-electron chi connectivity index (χ1n) is 14.4. The Kier molecular flexibility index (Phi) is 9.54. The Bertz CT molecular complexity index is 1120. The van der Waals surface area contributed by atoms with Gasteiger partial charge in [0.05, 0.1) is 14.2 Å². The van der Waals surface area contributed by atoms with E-state index in [1.165, 1.54) is 6.92 Å². The molecule has 4 rings (SSSR count). The lowest BCUT2D eigenvalue weighted by molar-refractivity contribution is -0.186. The van der Waals surface area contributed by atoms with Gasteiger partial charge in [0.2, 0.25) is 5.91 Å². The zero-order valence-corrected chi connectivity index (χ0v) is 24.6. The standard InChI is InChI=1S/C33H43NO6/c1-20(2)28-16-7-21(3)17-29(28)40-33(37)31-30(22(4)35)32(36)34(31)25(18-23-8-12-26(38-5)13-9-23)19-24-10-14-27(39-6)15-11-24/h8-15,20-21,25,28-31H,7,16-19H2,1-6H3/t21-,28+,29-,30-,31+/m1/s1. The second kappa shape index (κ2) is 12.9. The molecule has 0 bridgehead atoms. The monoisotopic (exact) mass is 549 g/mol. The van der Waals surface area contributed by atoms with Crippen molar-refractivity contribution in [3.63, 3.8) is 0 Å². The highest BCUT2D eigenvalue weighted by Gasteiger charge is 2.57. The highest BCUT2D eigenvalue weighted by atomic mass is 16.5. The molecular formula is C33H43NO6. The fourth-order valence-electron chi connectivity index (χ4n) is 6.37. The van der Waals surface area contributed by atoms with E-state index < -0.39 is 17.9 Å². The molecule has 1 saturated carbocycles. The van der Waals surface area contributed by atoms with Crippen molar-refractivity contribution >= 4 is 17.7 Å². The van der Waals surface area contributed by atoms with Gasteiger partial charge in [-0.05, 0) is 85.8 Å². The van der Waals surface area contributed by atoms with E-state index in [2.05, 4.69) is 20.8 Å². The molecule has 7 heteroatoms. The summed E-state index contributed by atoms with van der Waals surface area (Å²) in [6, 6.07) is 14.2. The number of carbonyl (C=O) groups excluding carboxylic acids is 3. The van der Waals surface area contributed by atoms with Gasteiger partial charge in [-0.25, -0.2) is 4.79 Å². The molecule has 1 aliphatic carbocycles. The molecule has 0 N–H and O–H groups in total. The molecule has 2 aromatic carbocycles. The van der Waals surface area contributed by atoms with Crippen molar-refractivity contribution in [3.8, 4) is 11.5 Å². The average molecular weight is 550 g/mol. The van der Waals surface area contributed by atoms with Crippen LogP contribution in [0.3, 0.4) is 0 Å². The zero-order chi connectivity index (χ0) is 29.0. The maximum Gasteiger partial charge on any atom is 0.330 e. The van der Waals surface area contributed by atoms with E-state index in [0.717, 1.165) is 41.9 Å². The number of amides is 1. The number of hydrogen-bond acceptors (Lipinski definition) is 6. The van der Waals surface area contributed by atoms with Gasteiger partial charge in [-0.2, -0.15) is 0 Å². The van der Waals surface area contributed by atoms with Crippen LogP contribution in [-0.4, -0.2) is 55.0 Å². The average Bonchev–Trinajstić information content (AvgIpc) is 2.92. The number of methoxy groups -OCH3 is 2. The Morgan fingerprint density at radius 3 is 1.88 bits per heavy atom. The molecule has 2 aromatic rings.